The van der Waals surface area contributed by atoms with Gasteiger partial charge >= 0.3 is 0 Å². The molecule has 0 unspecified atom stereocenters. The summed E-state index contributed by atoms with van der Waals surface area (Å²) in [5.41, 5.74) is 1.57. The summed E-state index contributed by atoms with van der Waals surface area (Å²) in [6, 6.07) is 15.0. The van der Waals surface area contributed by atoms with Gasteiger partial charge in [0.15, 0.2) is 5.82 Å². The minimum Gasteiger partial charge on any atom is -0.353 e. The van der Waals surface area contributed by atoms with E-state index >= 15 is 0 Å². The molecule has 1 saturated heterocycles. The van der Waals surface area contributed by atoms with Gasteiger partial charge in [0.1, 0.15) is 6.54 Å². The van der Waals surface area contributed by atoms with E-state index in [9.17, 15) is 9.59 Å². The van der Waals surface area contributed by atoms with Crippen LogP contribution < -0.4 is 4.90 Å². The summed E-state index contributed by atoms with van der Waals surface area (Å²) >= 11 is 7.65. The van der Waals surface area contributed by atoms with Gasteiger partial charge in [-0.05, 0) is 36.1 Å². The molecule has 3 aromatic rings. The third kappa shape index (κ3) is 5.63. The van der Waals surface area contributed by atoms with Crippen molar-refractivity contribution < 1.29 is 9.59 Å². The van der Waals surface area contributed by atoms with Gasteiger partial charge in [0.05, 0.1) is 15.6 Å². The molecule has 0 radical (unpaired) electrons. The topological polar surface area (TPSA) is 69.6 Å². The van der Waals surface area contributed by atoms with E-state index in [2.05, 4.69) is 21.7 Å². The van der Waals surface area contributed by atoms with Crippen LogP contribution in [0.4, 0.5) is 5.82 Å². The number of nitrogens with zero attached hydrogens (tertiary/aromatic N) is 5. The summed E-state index contributed by atoms with van der Waals surface area (Å²) in [5.74, 6) is 0.564. The molecule has 2 aromatic heterocycles. The number of thiophene rings is 1. The Labute approximate surface area is 208 Å². The number of carbonyl (C=O) groups is 2. The molecule has 176 valence electrons. The summed E-state index contributed by atoms with van der Waals surface area (Å²) in [6.07, 6.45) is 2.45. The van der Waals surface area contributed by atoms with Crippen LogP contribution in [0.5, 0.6) is 0 Å². The summed E-state index contributed by atoms with van der Waals surface area (Å²) in [5, 5.41) is 11.3. The monoisotopic (exact) mass is 495 g/mol. The second-order valence-corrected chi connectivity index (χ2v) is 9.28. The quantitative estimate of drug-likeness (QED) is 0.459. The Morgan fingerprint density at radius 2 is 1.91 bits per heavy atom. The summed E-state index contributed by atoms with van der Waals surface area (Å²) in [4.78, 5) is 31.9. The zero-order valence-corrected chi connectivity index (χ0v) is 20.3. The smallest absolute Gasteiger partial charge is 0.264 e. The first-order valence-corrected chi connectivity index (χ1v) is 12.4. The van der Waals surface area contributed by atoms with E-state index in [0.717, 1.165) is 30.0 Å². The largest absolute Gasteiger partial charge is 0.353 e. The van der Waals surface area contributed by atoms with Gasteiger partial charge in [-0.2, -0.15) is 0 Å². The second-order valence-electron chi connectivity index (χ2n) is 7.93. The van der Waals surface area contributed by atoms with Crippen molar-refractivity contribution >= 4 is 40.6 Å². The summed E-state index contributed by atoms with van der Waals surface area (Å²) in [7, 11) is 0. The fourth-order valence-corrected chi connectivity index (χ4v) is 4.82. The predicted octanol–water partition coefficient (Wildman–Crippen LogP) is 4.23. The van der Waals surface area contributed by atoms with Crippen LogP contribution in [0.15, 0.2) is 66.6 Å². The Bertz CT molecular complexity index is 1140. The highest BCUT2D eigenvalue weighted by Crippen LogP contribution is 2.26. The van der Waals surface area contributed by atoms with Crippen molar-refractivity contribution in [2.75, 3.05) is 44.2 Å². The van der Waals surface area contributed by atoms with Crippen LogP contribution in [0.3, 0.4) is 0 Å². The molecular weight excluding hydrogens is 470 g/mol. The van der Waals surface area contributed by atoms with E-state index in [4.69, 9.17) is 11.6 Å². The van der Waals surface area contributed by atoms with E-state index in [0.29, 0.717) is 36.1 Å². The molecule has 0 spiro atoms. The van der Waals surface area contributed by atoms with Crippen LogP contribution in [0, 0.1) is 0 Å². The number of halogens is 1. The van der Waals surface area contributed by atoms with Gasteiger partial charge in [0.25, 0.3) is 5.91 Å². The summed E-state index contributed by atoms with van der Waals surface area (Å²) in [6.45, 7) is 6.71. The highest BCUT2D eigenvalue weighted by atomic mass is 35.5. The lowest BCUT2D eigenvalue weighted by molar-refractivity contribution is -0.131. The van der Waals surface area contributed by atoms with Crippen molar-refractivity contribution in [2.45, 2.75) is 6.42 Å². The van der Waals surface area contributed by atoms with Gasteiger partial charge in [0.2, 0.25) is 5.91 Å². The van der Waals surface area contributed by atoms with Crippen molar-refractivity contribution in [3.63, 3.8) is 0 Å². The number of anilines is 1. The van der Waals surface area contributed by atoms with E-state index in [1.54, 1.807) is 17.0 Å². The minimum absolute atomic E-state index is 0.0368. The fourth-order valence-electron chi connectivity index (χ4n) is 3.90. The zero-order valence-electron chi connectivity index (χ0n) is 18.8. The Morgan fingerprint density at radius 3 is 2.62 bits per heavy atom. The maximum Gasteiger partial charge on any atom is 0.264 e. The van der Waals surface area contributed by atoms with Crippen LogP contribution in [0.2, 0.25) is 5.02 Å². The molecule has 1 aliphatic rings. The zero-order chi connectivity index (χ0) is 23.9. The first-order valence-electron chi connectivity index (χ1n) is 11.1. The molecule has 9 heteroatoms. The molecule has 1 aliphatic heterocycles. The molecular formula is C25H26ClN5O2S. The molecule has 0 aliphatic carbocycles. The SMILES string of the molecule is C=CCN(CC(=O)N1CCCN(c2ccc(-c3ccccc3Cl)nn2)CC1)C(=O)c1cccs1. The van der Waals surface area contributed by atoms with E-state index in [-0.39, 0.29) is 18.4 Å². The van der Waals surface area contributed by atoms with Crippen LogP contribution in [0.25, 0.3) is 11.3 Å². The van der Waals surface area contributed by atoms with Gasteiger partial charge in [-0.15, -0.1) is 28.1 Å². The number of carbonyl (C=O) groups excluding carboxylic acids is 2. The fraction of sp³-hybridized carbons (Fsp3) is 0.280. The number of aromatic nitrogens is 2. The standard InChI is InChI=1S/C25H26ClN5O2S/c1-2-12-31(25(33)22-9-5-17-34-22)18-24(32)30-14-6-13-29(15-16-30)23-11-10-21(27-28-23)19-7-3-4-8-20(19)26/h2-5,7-11,17H,1,6,12-16,18H2. The molecule has 1 aromatic carbocycles. The van der Waals surface area contributed by atoms with Crippen molar-refractivity contribution in [3.05, 3.63) is 76.5 Å². The van der Waals surface area contributed by atoms with Crippen molar-refractivity contribution in [1.29, 1.82) is 0 Å². The molecule has 4 rings (SSSR count). The molecule has 1 fully saturated rings. The Balaban J connectivity index is 1.37. The molecule has 0 atom stereocenters. The lowest BCUT2D eigenvalue weighted by Gasteiger charge is -2.26. The highest BCUT2D eigenvalue weighted by molar-refractivity contribution is 7.12. The van der Waals surface area contributed by atoms with Crippen molar-refractivity contribution in [3.8, 4) is 11.3 Å². The number of rotatable bonds is 7. The molecule has 0 saturated carbocycles. The average Bonchev–Trinajstić information content (AvgIpc) is 3.28. The highest BCUT2D eigenvalue weighted by Gasteiger charge is 2.24. The third-order valence-corrected chi connectivity index (χ3v) is 6.86. The van der Waals surface area contributed by atoms with Crippen molar-refractivity contribution in [2.24, 2.45) is 0 Å². The molecule has 0 bridgehead atoms. The molecule has 7 nitrogen and oxygen atoms in total. The molecule has 0 N–H and O–H groups in total. The lowest BCUT2D eigenvalue weighted by Crippen LogP contribution is -2.44. The second kappa shape index (κ2) is 11.3. The van der Waals surface area contributed by atoms with Crippen molar-refractivity contribution in [1.82, 2.24) is 20.0 Å². The molecule has 3 heterocycles. The number of hydrogen-bond donors (Lipinski definition) is 0. The first-order chi connectivity index (χ1) is 16.6. The van der Waals surface area contributed by atoms with Gasteiger partial charge in [-0.25, -0.2) is 0 Å². The third-order valence-electron chi connectivity index (χ3n) is 5.67. The van der Waals surface area contributed by atoms with Crippen LogP contribution >= 0.6 is 22.9 Å². The van der Waals surface area contributed by atoms with E-state index < -0.39 is 0 Å². The number of hydrogen-bond acceptors (Lipinski definition) is 6. The maximum absolute atomic E-state index is 13.0. The van der Waals surface area contributed by atoms with Gasteiger partial charge in [-0.1, -0.05) is 41.9 Å². The van der Waals surface area contributed by atoms with E-state index in [1.165, 1.54) is 11.3 Å². The Hall–Kier alpha value is -3.23. The summed E-state index contributed by atoms with van der Waals surface area (Å²) < 4.78 is 0. The maximum atomic E-state index is 13.0. The lowest BCUT2D eigenvalue weighted by atomic mass is 10.1. The van der Waals surface area contributed by atoms with Gasteiger partial charge in [-0.3, -0.25) is 9.59 Å². The Kier molecular flexibility index (Phi) is 7.92. The predicted molar refractivity (Wildman–Crippen MR) is 136 cm³/mol. The van der Waals surface area contributed by atoms with Gasteiger partial charge < -0.3 is 14.7 Å². The van der Waals surface area contributed by atoms with Crippen LogP contribution in [-0.2, 0) is 4.79 Å². The first kappa shape index (κ1) is 23.9. The molecule has 34 heavy (non-hydrogen) atoms. The average molecular weight is 496 g/mol. The van der Waals surface area contributed by atoms with Crippen LogP contribution in [-0.4, -0.2) is 71.1 Å². The van der Waals surface area contributed by atoms with Gasteiger partial charge in [0, 0.05) is 38.3 Å². The number of benzene rings is 1. The molecule has 2 amide bonds. The number of amides is 2. The minimum atomic E-state index is -0.145. The van der Waals surface area contributed by atoms with Crippen LogP contribution in [0.1, 0.15) is 16.1 Å². The van der Waals surface area contributed by atoms with E-state index in [1.807, 2.05) is 52.7 Å². The Morgan fingerprint density at radius 1 is 1.06 bits per heavy atom. The normalized spacial score (nSPS) is 13.9.